The first-order valence-electron chi connectivity index (χ1n) is 8.86. The Balaban J connectivity index is 1.52. The number of likely N-dealkylation sites (tertiary alicyclic amines) is 1. The Morgan fingerprint density at radius 1 is 0.926 bits per heavy atom. The van der Waals surface area contributed by atoms with Gasteiger partial charge < -0.3 is 21.3 Å². The molecule has 0 bridgehead atoms. The van der Waals surface area contributed by atoms with E-state index in [1.165, 1.54) is 6.07 Å². The van der Waals surface area contributed by atoms with Gasteiger partial charge in [0.05, 0.1) is 6.54 Å². The van der Waals surface area contributed by atoms with Gasteiger partial charge in [-0.3, -0.25) is 14.4 Å². The van der Waals surface area contributed by atoms with Gasteiger partial charge in [-0.15, -0.1) is 0 Å². The number of primary amides is 1. The molecule has 3 rings (SSSR count). The fraction of sp³-hybridized carbons (Fsp3) is 0.250. The van der Waals surface area contributed by atoms with Gasteiger partial charge >= 0.3 is 0 Å². The first-order valence-corrected chi connectivity index (χ1v) is 8.86. The second-order valence-corrected chi connectivity index (χ2v) is 6.42. The second kappa shape index (κ2) is 8.35. The molecule has 0 saturated carbocycles. The van der Waals surface area contributed by atoms with E-state index < -0.39 is 5.91 Å². The monoisotopic (exact) mass is 366 g/mol. The van der Waals surface area contributed by atoms with E-state index in [0.717, 1.165) is 31.6 Å². The third-order valence-electron chi connectivity index (χ3n) is 4.41. The summed E-state index contributed by atoms with van der Waals surface area (Å²) in [4.78, 5) is 37.4. The number of hydrogen-bond acceptors (Lipinski definition) is 4. The van der Waals surface area contributed by atoms with Crippen LogP contribution in [0, 0.1) is 0 Å². The molecule has 2 aromatic carbocycles. The molecule has 1 aliphatic heterocycles. The highest BCUT2D eigenvalue weighted by Gasteiger charge is 2.19. The van der Waals surface area contributed by atoms with Crippen molar-refractivity contribution in [3.63, 3.8) is 0 Å². The van der Waals surface area contributed by atoms with Crippen molar-refractivity contribution in [2.45, 2.75) is 12.8 Å². The molecular weight excluding hydrogens is 344 g/mol. The number of benzene rings is 2. The maximum Gasteiger partial charge on any atom is 0.253 e. The molecule has 4 N–H and O–H groups in total. The van der Waals surface area contributed by atoms with E-state index in [4.69, 9.17) is 5.73 Å². The highest BCUT2D eigenvalue weighted by atomic mass is 16.2. The third-order valence-corrected chi connectivity index (χ3v) is 4.41. The highest BCUT2D eigenvalue weighted by Crippen LogP contribution is 2.15. The molecule has 2 aromatic rings. The number of hydrogen-bond donors (Lipinski definition) is 3. The molecule has 1 heterocycles. The van der Waals surface area contributed by atoms with Gasteiger partial charge in [0.15, 0.2) is 0 Å². The molecule has 0 aromatic heterocycles. The van der Waals surface area contributed by atoms with E-state index >= 15 is 0 Å². The fourth-order valence-electron chi connectivity index (χ4n) is 2.97. The van der Waals surface area contributed by atoms with Gasteiger partial charge in [-0.2, -0.15) is 0 Å². The number of amides is 3. The zero-order chi connectivity index (χ0) is 19.2. The molecular formula is C20H22N4O3. The van der Waals surface area contributed by atoms with Crippen molar-refractivity contribution in [2.24, 2.45) is 5.73 Å². The van der Waals surface area contributed by atoms with Crippen LogP contribution in [0.15, 0.2) is 48.5 Å². The standard InChI is InChI=1S/C20H22N4O3/c21-19(26)15-4-3-5-17(12-15)23-18(25)13-22-16-8-6-14(7-9-16)20(27)24-10-1-2-11-24/h3-9,12,22H,1-2,10-11,13H2,(H2,21,26)(H,23,25). The Bertz CT molecular complexity index is 843. The van der Waals surface area contributed by atoms with Crippen molar-refractivity contribution in [1.82, 2.24) is 4.90 Å². The summed E-state index contributed by atoms with van der Waals surface area (Å²) in [6.07, 6.45) is 2.12. The van der Waals surface area contributed by atoms with Crippen molar-refractivity contribution in [3.05, 3.63) is 59.7 Å². The predicted molar refractivity (Wildman–Crippen MR) is 104 cm³/mol. The molecule has 7 nitrogen and oxygen atoms in total. The number of anilines is 2. The maximum atomic E-state index is 12.3. The van der Waals surface area contributed by atoms with Crippen molar-refractivity contribution in [3.8, 4) is 0 Å². The Hall–Kier alpha value is -3.35. The van der Waals surface area contributed by atoms with Crippen LogP contribution in [-0.4, -0.2) is 42.3 Å². The summed E-state index contributed by atoms with van der Waals surface area (Å²) in [5.74, 6) is -0.757. The lowest BCUT2D eigenvalue weighted by atomic mass is 10.2. The van der Waals surface area contributed by atoms with E-state index in [1.54, 1.807) is 42.5 Å². The number of rotatable bonds is 6. The Morgan fingerprint density at radius 3 is 2.30 bits per heavy atom. The summed E-state index contributed by atoms with van der Waals surface area (Å²) in [6.45, 7) is 1.69. The van der Waals surface area contributed by atoms with Gasteiger partial charge in [-0.1, -0.05) is 6.07 Å². The first-order chi connectivity index (χ1) is 13.0. The smallest absolute Gasteiger partial charge is 0.253 e. The molecule has 0 spiro atoms. The minimum Gasteiger partial charge on any atom is -0.376 e. The molecule has 0 unspecified atom stereocenters. The Kier molecular flexibility index (Phi) is 5.71. The van der Waals surface area contributed by atoms with E-state index in [9.17, 15) is 14.4 Å². The lowest BCUT2D eigenvalue weighted by molar-refractivity contribution is -0.114. The van der Waals surface area contributed by atoms with Gasteiger partial charge in [0.1, 0.15) is 0 Å². The van der Waals surface area contributed by atoms with E-state index in [0.29, 0.717) is 16.8 Å². The number of carbonyl (C=O) groups excluding carboxylic acids is 3. The summed E-state index contributed by atoms with van der Waals surface area (Å²) in [7, 11) is 0. The Labute approximate surface area is 157 Å². The van der Waals surface area contributed by atoms with E-state index in [2.05, 4.69) is 10.6 Å². The maximum absolute atomic E-state index is 12.3. The summed E-state index contributed by atoms with van der Waals surface area (Å²) in [6, 6.07) is 13.5. The van der Waals surface area contributed by atoms with Crippen LogP contribution in [0.5, 0.6) is 0 Å². The third kappa shape index (κ3) is 4.84. The van der Waals surface area contributed by atoms with Gasteiger partial charge in [0, 0.05) is 35.6 Å². The normalized spacial score (nSPS) is 13.3. The molecule has 0 radical (unpaired) electrons. The second-order valence-electron chi connectivity index (χ2n) is 6.42. The van der Waals surface area contributed by atoms with Crippen molar-refractivity contribution in [2.75, 3.05) is 30.3 Å². The number of carbonyl (C=O) groups is 3. The molecule has 0 atom stereocenters. The quantitative estimate of drug-likeness (QED) is 0.728. The number of nitrogens with zero attached hydrogens (tertiary/aromatic N) is 1. The van der Waals surface area contributed by atoms with Gasteiger partial charge in [0.2, 0.25) is 11.8 Å². The number of nitrogens with one attached hydrogen (secondary N) is 2. The van der Waals surface area contributed by atoms with E-state index in [1.807, 2.05) is 4.90 Å². The molecule has 1 aliphatic rings. The highest BCUT2D eigenvalue weighted by molar-refractivity contribution is 5.97. The molecule has 1 saturated heterocycles. The van der Waals surface area contributed by atoms with Crippen LogP contribution in [0.3, 0.4) is 0 Å². The summed E-state index contributed by atoms with van der Waals surface area (Å²) >= 11 is 0. The average Bonchev–Trinajstić information content (AvgIpc) is 3.21. The summed E-state index contributed by atoms with van der Waals surface area (Å²) in [5, 5.41) is 5.71. The van der Waals surface area contributed by atoms with Crippen molar-refractivity contribution >= 4 is 29.1 Å². The van der Waals surface area contributed by atoms with Gasteiger partial charge in [0.25, 0.3) is 5.91 Å². The molecule has 7 heteroatoms. The fourth-order valence-corrected chi connectivity index (χ4v) is 2.97. The minimum atomic E-state index is -0.548. The zero-order valence-corrected chi connectivity index (χ0v) is 14.9. The lowest BCUT2D eigenvalue weighted by Gasteiger charge is -2.15. The van der Waals surface area contributed by atoms with Crippen LogP contribution in [0.4, 0.5) is 11.4 Å². The molecule has 27 heavy (non-hydrogen) atoms. The Morgan fingerprint density at radius 2 is 1.63 bits per heavy atom. The minimum absolute atomic E-state index is 0.0473. The van der Waals surface area contributed by atoms with Crippen LogP contribution < -0.4 is 16.4 Å². The summed E-state index contributed by atoms with van der Waals surface area (Å²) in [5.41, 5.74) is 7.46. The first kappa shape index (κ1) is 18.4. The average molecular weight is 366 g/mol. The van der Waals surface area contributed by atoms with Crippen LogP contribution in [-0.2, 0) is 4.79 Å². The lowest BCUT2D eigenvalue weighted by Crippen LogP contribution is -2.27. The van der Waals surface area contributed by atoms with E-state index in [-0.39, 0.29) is 18.4 Å². The molecule has 3 amide bonds. The zero-order valence-electron chi connectivity index (χ0n) is 14.9. The number of nitrogens with two attached hydrogens (primary N) is 1. The topological polar surface area (TPSA) is 105 Å². The largest absolute Gasteiger partial charge is 0.376 e. The molecule has 0 aliphatic carbocycles. The predicted octanol–water partition coefficient (Wildman–Crippen LogP) is 2.07. The summed E-state index contributed by atoms with van der Waals surface area (Å²) < 4.78 is 0. The van der Waals surface area contributed by atoms with Crippen LogP contribution >= 0.6 is 0 Å². The van der Waals surface area contributed by atoms with Gasteiger partial charge in [-0.25, -0.2) is 0 Å². The van der Waals surface area contributed by atoms with Crippen LogP contribution in [0.1, 0.15) is 33.6 Å². The van der Waals surface area contributed by atoms with Crippen LogP contribution in [0.25, 0.3) is 0 Å². The molecule has 140 valence electrons. The van der Waals surface area contributed by atoms with Crippen molar-refractivity contribution < 1.29 is 14.4 Å². The molecule has 1 fully saturated rings. The SMILES string of the molecule is NC(=O)c1cccc(NC(=O)CNc2ccc(C(=O)N3CCCC3)cc2)c1. The van der Waals surface area contributed by atoms with Gasteiger partial charge in [-0.05, 0) is 55.3 Å². The van der Waals surface area contributed by atoms with Crippen LogP contribution in [0.2, 0.25) is 0 Å². The van der Waals surface area contributed by atoms with Crippen molar-refractivity contribution in [1.29, 1.82) is 0 Å².